The van der Waals surface area contributed by atoms with Gasteiger partial charge in [-0.05, 0) is 70.1 Å². The van der Waals surface area contributed by atoms with Crippen LogP contribution in [0.5, 0.6) is 0 Å². The molecule has 4 heteroatoms. The molecule has 36 heavy (non-hydrogen) atoms. The fourth-order valence-corrected chi connectivity index (χ4v) is 6.25. The Balaban J connectivity index is 1.73. The lowest BCUT2D eigenvalue weighted by Gasteiger charge is -2.20. The topological polar surface area (TPSA) is 52.1 Å². The maximum absolute atomic E-state index is 6.51. The average molecular weight is 469 g/mol. The highest BCUT2D eigenvalue weighted by molar-refractivity contribution is 6.35. The number of hydrogen-bond donors (Lipinski definition) is 0. The summed E-state index contributed by atoms with van der Waals surface area (Å²) >= 11 is 0. The molecular formula is C32H24N2O2. The van der Waals surface area contributed by atoms with E-state index in [1.165, 1.54) is 43.4 Å². The standard InChI is InChI=1S/C32H24N2O2/c1-15(2)17-9-23-30-20(12-22-26-14-34-8-6-28(26)35-31(22)23)18(16(3)4)10-24-29(30)19(17)11-21-25-13-33-7-5-27(25)36-32(21)24/h5-16H,1-4H3. The summed E-state index contributed by atoms with van der Waals surface area (Å²) in [5.41, 5.74) is 6.25. The van der Waals surface area contributed by atoms with Crippen molar-refractivity contribution in [1.82, 2.24) is 9.97 Å². The third-order valence-electron chi connectivity index (χ3n) is 7.92. The molecule has 174 valence electrons. The Hall–Kier alpha value is -4.18. The minimum atomic E-state index is 0.344. The molecule has 0 atom stereocenters. The van der Waals surface area contributed by atoms with E-state index >= 15 is 0 Å². The van der Waals surface area contributed by atoms with Crippen molar-refractivity contribution in [3.63, 3.8) is 0 Å². The summed E-state index contributed by atoms with van der Waals surface area (Å²) in [6, 6.07) is 13.3. The molecule has 0 aliphatic carbocycles. The van der Waals surface area contributed by atoms with Crippen LogP contribution in [0.3, 0.4) is 0 Å². The van der Waals surface area contributed by atoms with Gasteiger partial charge < -0.3 is 8.83 Å². The summed E-state index contributed by atoms with van der Waals surface area (Å²) in [4.78, 5) is 8.79. The molecule has 4 aromatic heterocycles. The number of fused-ring (bicyclic) bond motifs is 8. The van der Waals surface area contributed by atoms with E-state index in [1.807, 2.05) is 24.5 Å². The normalized spacial score (nSPS) is 12.9. The summed E-state index contributed by atoms with van der Waals surface area (Å²) in [5, 5.41) is 11.8. The van der Waals surface area contributed by atoms with Crippen molar-refractivity contribution < 1.29 is 8.83 Å². The molecule has 4 nitrogen and oxygen atoms in total. The van der Waals surface area contributed by atoms with Crippen LogP contribution in [0.2, 0.25) is 0 Å². The van der Waals surface area contributed by atoms with Crippen molar-refractivity contribution in [1.29, 1.82) is 0 Å². The second-order valence-electron chi connectivity index (χ2n) is 10.6. The highest BCUT2D eigenvalue weighted by Gasteiger charge is 2.24. The van der Waals surface area contributed by atoms with Gasteiger partial charge in [-0.2, -0.15) is 0 Å². The molecule has 0 fully saturated rings. The van der Waals surface area contributed by atoms with Gasteiger partial charge in [0.05, 0.1) is 0 Å². The summed E-state index contributed by atoms with van der Waals surface area (Å²) in [6.07, 6.45) is 7.43. The molecule has 0 aliphatic heterocycles. The molecule has 8 rings (SSSR count). The summed E-state index contributed by atoms with van der Waals surface area (Å²) < 4.78 is 13.0. The molecule has 0 unspecified atom stereocenters. The van der Waals surface area contributed by atoms with Crippen LogP contribution in [0.15, 0.2) is 70.0 Å². The van der Waals surface area contributed by atoms with Gasteiger partial charge >= 0.3 is 0 Å². The Morgan fingerprint density at radius 3 is 1.39 bits per heavy atom. The molecule has 0 saturated heterocycles. The summed E-state index contributed by atoms with van der Waals surface area (Å²) in [7, 11) is 0. The van der Waals surface area contributed by atoms with E-state index in [4.69, 9.17) is 8.83 Å². The van der Waals surface area contributed by atoms with Gasteiger partial charge in [0, 0.05) is 67.9 Å². The van der Waals surface area contributed by atoms with Crippen molar-refractivity contribution in [2.24, 2.45) is 0 Å². The highest BCUT2D eigenvalue weighted by Crippen LogP contribution is 2.49. The fourth-order valence-electron chi connectivity index (χ4n) is 6.25. The Bertz CT molecular complexity index is 2010. The molecule has 0 radical (unpaired) electrons. The van der Waals surface area contributed by atoms with Gasteiger partial charge in [-0.1, -0.05) is 27.7 Å². The van der Waals surface area contributed by atoms with Gasteiger partial charge in [-0.15, -0.1) is 0 Å². The van der Waals surface area contributed by atoms with Crippen molar-refractivity contribution >= 4 is 76.2 Å². The van der Waals surface area contributed by atoms with Gasteiger partial charge in [-0.3, -0.25) is 9.97 Å². The van der Waals surface area contributed by atoms with E-state index in [0.717, 1.165) is 43.9 Å². The van der Waals surface area contributed by atoms with E-state index in [2.05, 4.69) is 61.9 Å². The second-order valence-corrected chi connectivity index (χ2v) is 10.6. The zero-order valence-corrected chi connectivity index (χ0v) is 20.6. The van der Waals surface area contributed by atoms with Crippen molar-refractivity contribution in [2.45, 2.75) is 39.5 Å². The van der Waals surface area contributed by atoms with E-state index in [0.29, 0.717) is 11.8 Å². The largest absolute Gasteiger partial charge is 0.455 e. The minimum absolute atomic E-state index is 0.344. The maximum atomic E-state index is 6.51. The van der Waals surface area contributed by atoms with Gasteiger partial charge in [-0.25, -0.2) is 0 Å². The number of hydrogen-bond acceptors (Lipinski definition) is 4. The van der Waals surface area contributed by atoms with Gasteiger partial charge in [0.1, 0.15) is 22.3 Å². The zero-order valence-electron chi connectivity index (χ0n) is 20.6. The minimum Gasteiger partial charge on any atom is -0.455 e. The van der Waals surface area contributed by atoms with Crippen LogP contribution in [0.4, 0.5) is 0 Å². The van der Waals surface area contributed by atoms with Gasteiger partial charge in [0.15, 0.2) is 0 Å². The number of furan rings is 2. The lowest BCUT2D eigenvalue weighted by molar-refractivity contribution is 0.671. The molecule has 0 bridgehead atoms. The number of nitrogens with zero attached hydrogens (tertiary/aromatic N) is 2. The fraction of sp³-hybridized carbons (Fsp3) is 0.188. The zero-order chi connectivity index (χ0) is 24.3. The second kappa shape index (κ2) is 6.73. The van der Waals surface area contributed by atoms with Crippen LogP contribution in [0.25, 0.3) is 76.2 Å². The maximum Gasteiger partial charge on any atom is 0.143 e. The molecular weight excluding hydrogens is 444 g/mol. The van der Waals surface area contributed by atoms with Gasteiger partial charge in [0.25, 0.3) is 0 Å². The first kappa shape index (κ1) is 20.1. The van der Waals surface area contributed by atoms with Crippen LogP contribution >= 0.6 is 0 Å². The van der Waals surface area contributed by atoms with Crippen LogP contribution in [-0.4, -0.2) is 9.97 Å². The van der Waals surface area contributed by atoms with Crippen molar-refractivity contribution in [3.05, 3.63) is 72.3 Å². The first-order chi connectivity index (χ1) is 17.5. The predicted octanol–water partition coefficient (Wildman–Crippen LogP) is 9.42. The van der Waals surface area contributed by atoms with Crippen LogP contribution in [-0.2, 0) is 0 Å². The average Bonchev–Trinajstić information content (AvgIpc) is 3.44. The summed E-state index contributed by atoms with van der Waals surface area (Å²) in [5.74, 6) is 0.687. The van der Waals surface area contributed by atoms with E-state index in [1.54, 1.807) is 12.4 Å². The van der Waals surface area contributed by atoms with Crippen LogP contribution < -0.4 is 0 Å². The number of benzene rings is 4. The first-order valence-corrected chi connectivity index (χ1v) is 12.6. The monoisotopic (exact) mass is 468 g/mol. The molecule has 0 amide bonds. The molecule has 4 heterocycles. The molecule has 0 spiro atoms. The Morgan fingerprint density at radius 2 is 0.972 bits per heavy atom. The quantitative estimate of drug-likeness (QED) is 0.237. The Morgan fingerprint density at radius 1 is 0.528 bits per heavy atom. The van der Waals surface area contributed by atoms with E-state index in [9.17, 15) is 0 Å². The smallest absolute Gasteiger partial charge is 0.143 e. The highest BCUT2D eigenvalue weighted by atomic mass is 16.3. The third kappa shape index (κ3) is 2.39. The number of pyridine rings is 2. The van der Waals surface area contributed by atoms with Crippen molar-refractivity contribution in [3.8, 4) is 0 Å². The number of rotatable bonds is 2. The molecule has 0 N–H and O–H groups in total. The Kier molecular flexibility index (Phi) is 3.75. The molecule has 0 saturated carbocycles. The van der Waals surface area contributed by atoms with Crippen LogP contribution in [0, 0.1) is 0 Å². The van der Waals surface area contributed by atoms with Crippen molar-refractivity contribution in [2.75, 3.05) is 0 Å². The lowest BCUT2D eigenvalue weighted by atomic mass is 9.83. The third-order valence-corrected chi connectivity index (χ3v) is 7.92. The molecule has 0 aliphatic rings. The lowest BCUT2D eigenvalue weighted by Crippen LogP contribution is -1.97. The van der Waals surface area contributed by atoms with E-state index in [-0.39, 0.29) is 0 Å². The predicted molar refractivity (Wildman–Crippen MR) is 148 cm³/mol. The van der Waals surface area contributed by atoms with E-state index < -0.39 is 0 Å². The summed E-state index contributed by atoms with van der Waals surface area (Å²) in [6.45, 7) is 9.07. The molecule has 4 aromatic carbocycles. The van der Waals surface area contributed by atoms with Gasteiger partial charge in [0.2, 0.25) is 0 Å². The number of aromatic nitrogens is 2. The van der Waals surface area contributed by atoms with Crippen LogP contribution in [0.1, 0.15) is 50.7 Å². The first-order valence-electron chi connectivity index (χ1n) is 12.6. The SMILES string of the molecule is CC(C)c1cc2c3oc4ccncc4c3cc3c(C(C)C)cc4c5oc6ccncc6c5cc1c4c32. The Labute approximate surface area is 206 Å². The molecule has 8 aromatic rings.